The largest absolute Gasteiger partial charge is 0.491 e. The van der Waals surface area contributed by atoms with E-state index in [0.717, 1.165) is 13.0 Å². The van der Waals surface area contributed by atoms with Crippen molar-refractivity contribution in [3.63, 3.8) is 0 Å². The molecule has 1 aromatic rings. The maximum absolute atomic E-state index is 10.8. The van der Waals surface area contributed by atoms with Crippen molar-refractivity contribution in [2.75, 3.05) is 19.7 Å². The molecule has 0 aromatic heterocycles. The molecule has 0 aliphatic carbocycles. The highest BCUT2D eigenvalue weighted by Gasteiger charge is 2.14. The van der Waals surface area contributed by atoms with Crippen molar-refractivity contribution in [2.45, 2.75) is 33.3 Å². The van der Waals surface area contributed by atoms with Gasteiger partial charge in [-0.3, -0.25) is 10.1 Å². The molecule has 1 aromatic carbocycles. The van der Waals surface area contributed by atoms with Gasteiger partial charge < -0.3 is 15.2 Å². The summed E-state index contributed by atoms with van der Waals surface area (Å²) in [5.74, 6) is 0.572. The number of hydrogen-bond donors (Lipinski definition) is 2. The van der Waals surface area contributed by atoms with E-state index >= 15 is 0 Å². The number of nitrogens with one attached hydrogen (secondary N) is 1. The molecule has 0 aliphatic heterocycles. The number of aryl methyl sites for hydroxylation is 2. The fourth-order valence-corrected chi connectivity index (χ4v) is 1.82. The molecule has 0 heterocycles. The van der Waals surface area contributed by atoms with E-state index in [1.54, 1.807) is 19.9 Å². The molecule has 6 heteroatoms. The van der Waals surface area contributed by atoms with Gasteiger partial charge in [-0.15, -0.1) is 0 Å². The van der Waals surface area contributed by atoms with E-state index in [9.17, 15) is 15.2 Å². The maximum Gasteiger partial charge on any atom is 0.272 e. The lowest BCUT2D eigenvalue weighted by Gasteiger charge is -2.15. The van der Waals surface area contributed by atoms with E-state index < -0.39 is 11.0 Å². The molecule has 0 aliphatic rings. The van der Waals surface area contributed by atoms with Crippen LogP contribution in [0.1, 0.15) is 24.5 Å². The molecule has 0 spiro atoms. The number of nitro groups is 1. The number of aliphatic hydroxyl groups excluding tert-OH is 1. The molecule has 0 fully saturated rings. The highest BCUT2D eigenvalue weighted by Crippen LogP contribution is 2.27. The lowest BCUT2D eigenvalue weighted by atomic mass is 10.1. The fraction of sp³-hybridized carbons (Fsp3) is 0.571. The highest BCUT2D eigenvalue weighted by molar-refractivity contribution is 5.49. The first-order valence-electron chi connectivity index (χ1n) is 6.73. The molecule has 0 bridgehead atoms. The van der Waals surface area contributed by atoms with Crippen molar-refractivity contribution in [2.24, 2.45) is 0 Å². The van der Waals surface area contributed by atoms with E-state index in [1.807, 2.05) is 0 Å². The SMILES string of the molecule is CCCNCC(O)COc1cc(C)c([N+](=O)[O-])cc1C. The summed E-state index contributed by atoms with van der Waals surface area (Å²) in [4.78, 5) is 10.4. The van der Waals surface area contributed by atoms with E-state index in [4.69, 9.17) is 4.74 Å². The normalized spacial score (nSPS) is 12.2. The number of benzene rings is 1. The van der Waals surface area contributed by atoms with E-state index in [1.165, 1.54) is 6.07 Å². The van der Waals surface area contributed by atoms with Gasteiger partial charge in [0.25, 0.3) is 5.69 Å². The molecule has 6 nitrogen and oxygen atoms in total. The van der Waals surface area contributed by atoms with Crippen LogP contribution in [0.25, 0.3) is 0 Å². The van der Waals surface area contributed by atoms with Crippen LogP contribution in [0.15, 0.2) is 12.1 Å². The van der Waals surface area contributed by atoms with Gasteiger partial charge in [0.15, 0.2) is 0 Å². The van der Waals surface area contributed by atoms with Crippen LogP contribution in [-0.2, 0) is 0 Å². The Labute approximate surface area is 118 Å². The van der Waals surface area contributed by atoms with Gasteiger partial charge in [-0.25, -0.2) is 0 Å². The molecular formula is C14H22N2O4. The molecule has 1 rings (SSSR count). The number of hydrogen-bond acceptors (Lipinski definition) is 5. The van der Waals surface area contributed by atoms with Crippen LogP contribution < -0.4 is 10.1 Å². The van der Waals surface area contributed by atoms with Crippen molar-refractivity contribution in [1.29, 1.82) is 0 Å². The lowest BCUT2D eigenvalue weighted by Crippen LogP contribution is -2.31. The van der Waals surface area contributed by atoms with Gasteiger partial charge in [0.05, 0.1) is 4.92 Å². The second-order valence-corrected chi connectivity index (χ2v) is 4.83. The topological polar surface area (TPSA) is 84.6 Å². The second-order valence-electron chi connectivity index (χ2n) is 4.83. The number of nitro benzene ring substituents is 1. The minimum atomic E-state index is -0.601. The van der Waals surface area contributed by atoms with Crippen LogP contribution in [0.5, 0.6) is 5.75 Å². The van der Waals surface area contributed by atoms with Gasteiger partial charge in [-0.1, -0.05) is 6.92 Å². The summed E-state index contributed by atoms with van der Waals surface area (Å²) < 4.78 is 5.53. The average molecular weight is 282 g/mol. The van der Waals surface area contributed by atoms with Crippen molar-refractivity contribution in [3.05, 3.63) is 33.4 Å². The zero-order valence-electron chi connectivity index (χ0n) is 12.2. The van der Waals surface area contributed by atoms with Crippen LogP contribution >= 0.6 is 0 Å². The summed E-state index contributed by atoms with van der Waals surface area (Å²) in [7, 11) is 0. The molecule has 112 valence electrons. The van der Waals surface area contributed by atoms with Crippen LogP contribution in [-0.4, -0.2) is 35.8 Å². The second kappa shape index (κ2) is 7.81. The number of ether oxygens (including phenoxy) is 1. The van der Waals surface area contributed by atoms with E-state index in [0.29, 0.717) is 23.4 Å². The Morgan fingerprint density at radius 2 is 2.10 bits per heavy atom. The standard InChI is InChI=1S/C14H22N2O4/c1-4-5-15-8-12(17)9-20-14-7-10(2)13(16(18)19)6-11(14)3/h6-7,12,15,17H,4-5,8-9H2,1-3H3. The monoisotopic (exact) mass is 282 g/mol. The first kappa shape index (κ1) is 16.4. The van der Waals surface area contributed by atoms with Gasteiger partial charge in [0.2, 0.25) is 0 Å². The molecule has 1 unspecified atom stereocenters. The molecule has 1 atom stereocenters. The van der Waals surface area contributed by atoms with E-state index in [2.05, 4.69) is 12.2 Å². The van der Waals surface area contributed by atoms with Crippen LogP contribution in [0, 0.1) is 24.0 Å². The van der Waals surface area contributed by atoms with Gasteiger partial charge in [-0.05, 0) is 38.4 Å². The smallest absolute Gasteiger partial charge is 0.272 e. The Bertz CT molecular complexity index is 463. The first-order valence-corrected chi connectivity index (χ1v) is 6.73. The zero-order chi connectivity index (χ0) is 15.1. The summed E-state index contributed by atoms with van der Waals surface area (Å²) in [6.45, 7) is 6.96. The van der Waals surface area contributed by atoms with Crippen molar-refractivity contribution in [3.8, 4) is 5.75 Å². The predicted molar refractivity (Wildman–Crippen MR) is 77.2 cm³/mol. The van der Waals surface area contributed by atoms with Gasteiger partial charge in [0, 0.05) is 18.2 Å². The molecule has 0 radical (unpaired) electrons. The third-order valence-electron chi connectivity index (χ3n) is 2.93. The Kier molecular flexibility index (Phi) is 6.41. The van der Waals surface area contributed by atoms with Crippen LogP contribution in [0.4, 0.5) is 5.69 Å². The molecule has 2 N–H and O–H groups in total. The summed E-state index contributed by atoms with van der Waals surface area (Å²) in [5, 5.41) is 23.7. The molecular weight excluding hydrogens is 260 g/mol. The summed E-state index contributed by atoms with van der Waals surface area (Å²) in [5.41, 5.74) is 1.32. The average Bonchev–Trinajstić information content (AvgIpc) is 2.39. The summed E-state index contributed by atoms with van der Waals surface area (Å²) >= 11 is 0. The van der Waals surface area contributed by atoms with Gasteiger partial charge in [-0.2, -0.15) is 0 Å². The predicted octanol–water partition coefficient (Wildman–Crippen LogP) is 1.95. The third-order valence-corrected chi connectivity index (χ3v) is 2.93. The number of aliphatic hydroxyl groups is 1. The minimum Gasteiger partial charge on any atom is -0.491 e. The van der Waals surface area contributed by atoms with E-state index in [-0.39, 0.29) is 12.3 Å². The van der Waals surface area contributed by atoms with Crippen molar-refractivity contribution in [1.82, 2.24) is 5.32 Å². The Morgan fingerprint density at radius 3 is 2.70 bits per heavy atom. The third kappa shape index (κ3) is 4.79. The molecule has 20 heavy (non-hydrogen) atoms. The Hall–Kier alpha value is -1.66. The van der Waals surface area contributed by atoms with Crippen LogP contribution in [0.2, 0.25) is 0 Å². The van der Waals surface area contributed by atoms with Crippen LogP contribution in [0.3, 0.4) is 0 Å². The number of nitrogens with zero attached hydrogens (tertiary/aromatic N) is 1. The zero-order valence-corrected chi connectivity index (χ0v) is 12.2. The fourth-order valence-electron chi connectivity index (χ4n) is 1.82. The van der Waals surface area contributed by atoms with Crippen molar-refractivity contribution >= 4 is 5.69 Å². The quantitative estimate of drug-likeness (QED) is 0.432. The maximum atomic E-state index is 10.8. The lowest BCUT2D eigenvalue weighted by molar-refractivity contribution is -0.385. The molecule has 0 saturated heterocycles. The summed E-state index contributed by atoms with van der Waals surface area (Å²) in [6.07, 6.45) is 0.408. The molecule has 0 saturated carbocycles. The Morgan fingerprint density at radius 1 is 1.40 bits per heavy atom. The first-order chi connectivity index (χ1) is 9.45. The summed E-state index contributed by atoms with van der Waals surface area (Å²) in [6, 6.07) is 3.13. The number of rotatable bonds is 8. The van der Waals surface area contributed by atoms with Gasteiger partial charge in [0.1, 0.15) is 18.5 Å². The highest BCUT2D eigenvalue weighted by atomic mass is 16.6. The Balaban J connectivity index is 2.60. The van der Waals surface area contributed by atoms with Crippen molar-refractivity contribution < 1.29 is 14.8 Å². The molecule has 0 amide bonds. The minimum absolute atomic E-state index is 0.0833. The van der Waals surface area contributed by atoms with Gasteiger partial charge >= 0.3 is 0 Å².